The molecule has 0 spiro atoms. The van der Waals surface area contributed by atoms with Gasteiger partial charge < -0.3 is 29.9 Å². The molecule has 5 atom stereocenters. The van der Waals surface area contributed by atoms with Gasteiger partial charge in [-0.2, -0.15) is 0 Å². The molecule has 1 fully saturated rings. The maximum Gasteiger partial charge on any atom is 0.159 e. The van der Waals surface area contributed by atoms with Gasteiger partial charge >= 0.3 is 0 Å². The van der Waals surface area contributed by atoms with Gasteiger partial charge in [-0.3, -0.25) is 4.79 Å². The Bertz CT molecular complexity index is 711. The van der Waals surface area contributed by atoms with Crippen LogP contribution < -0.4 is 4.74 Å². The Labute approximate surface area is 165 Å². The fraction of sp³-hybridized carbons (Fsp3) is 0.571. The first kappa shape index (κ1) is 22.5. The Morgan fingerprint density at radius 2 is 1.89 bits per heavy atom. The third kappa shape index (κ3) is 5.18. The number of hydrogen-bond acceptors (Lipinski definition) is 7. The molecule has 0 saturated heterocycles. The van der Waals surface area contributed by atoms with Crippen molar-refractivity contribution in [3.8, 4) is 5.75 Å². The molecule has 28 heavy (non-hydrogen) atoms. The highest BCUT2D eigenvalue weighted by Gasteiger charge is 2.43. The summed E-state index contributed by atoms with van der Waals surface area (Å²) >= 11 is 0. The van der Waals surface area contributed by atoms with Crippen molar-refractivity contribution >= 4 is 11.9 Å². The highest BCUT2D eigenvalue weighted by atomic mass is 16.5. The van der Waals surface area contributed by atoms with Gasteiger partial charge in [0.2, 0.25) is 0 Å². The number of benzene rings is 1. The highest BCUT2D eigenvalue weighted by Crippen LogP contribution is 2.31. The number of carbonyl (C=O) groups is 1. The van der Waals surface area contributed by atoms with Gasteiger partial charge in [-0.15, -0.1) is 0 Å². The molecule has 1 aliphatic carbocycles. The van der Waals surface area contributed by atoms with Crippen LogP contribution in [0.25, 0.3) is 6.08 Å². The summed E-state index contributed by atoms with van der Waals surface area (Å²) in [6.07, 6.45) is -0.989. The maximum atomic E-state index is 11.8. The van der Waals surface area contributed by atoms with E-state index in [-0.39, 0.29) is 18.8 Å². The number of methoxy groups -OCH3 is 1. The zero-order valence-corrected chi connectivity index (χ0v) is 16.7. The highest BCUT2D eigenvalue weighted by molar-refractivity contribution is 5.95. The van der Waals surface area contributed by atoms with Gasteiger partial charge in [-0.1, -0.05) is 12.2 Å². The normalized spacial score (nSPS) is 28.5. The number of ether oxygens (including phenoxy) is 2. The van der Waals surface area contributed by atoms with E-state index in [0.29, 0.717) is 16.9 Å². The molecule has 2 rings (SSSR count). The van der Waals surface area contributed by atoms with Crippen molar-refractivity contribution in [2.75, 3.05) is 13.7 Å². The number of Topliss-reactive ketones (excluding diaryl/α,β-unsaturated/α-hetero) is 1. The largest absolute Gasteiger partial charge is 0.487 e. The monoisotopic (exact) mass is 394 g/mol. The molecule has 0 aliphatic heterocycles. The summed E-state index contributed by atoms with van der Waals surface area (Å²) < 4.78 is 11.3. The molecule has 1 saturated carbocycles. The number of hydrogen-bond donors (Lipinski definition) is 4. The van der Waals surface area contributed by atoms with Crippen LogP contribution in [-0.2, 0) is 4.74 Å². The third-order valence-electron chi connectivity index (χ3n) is 5.22. The molecule has 1 aromatic carbocycles. The van der Waals surface area contributed by atoms with Crippen LogP contribution in [0.4, 0.5) is 0 Å². The molecule has 0 unspecified atom stereocenters. The minimum atomic E-state index is -1.42. The molecule has 7 heteroatoms. The lowest BCUT2D eigenvalue weighted by molar-refractivity contribution is -0.156. The molecule has 0 radical (unpaired) electrons. The van der Waals surface area contributed by atoms with Crippen LogP contribution in [0.15, 0.2) is 24.3 Å². The molecular weight excluding hydrogens is 364 g/mol. The molecule has 1 aliphatic rings. The Morgan fingerprint density at radius 3 is 2.46 bits per heavy atom. The van der Waals surface area contributed by atoms with E-state index < -0.39 is 35.9 Å². The van der Waals surface area contributed by atoms with E-state index in [9.17, 15) is 25.2 Å². The van der Waals surface area contributed by atoms with E-state index in [2.05, 4.69) is 0 Å². The van der Waals surface area contributed by atoms with Crippen LogP contribution in [0.1, 0.15) is 43.1 Å². The van der Waals surface area contributed by atoms with Gasteiger partial charge in [0.15, 0.2) is 5.78 Å². The van der Waals surface area contributed by atoms with Gasteiger partial charge in [0.1, 0.15) is 24.1 Å². The minimum Gasteiger partial charge on any atom is -0.487 e. The van der Waals surface area contributed by atoms with Crippen LogP contribution >= 0.6 is 0 Å². The smallest absolute Gasteiger partial charge is 0.159 e. The van der Waals surface area contributed by atoms with Crippen LogP contribution in [-0.4, -0.2) is 69.9 Å². The second kappa shape index (κ2) is 9.15. The Kier molecular flexibility index (Phi) is 7.36. The third-order valence-corrected chi connectivity index (χ3v) is 5.22. The molecule has 0 aromatic heterocycles. The zero-order valence-electron chi connectivity index (χ0n) is 16.7. The van der Waals surface area contributed by atoms with E-state index in [0.717, 1.165) is 0 Å². The first-order valence-corrected chi connectivity index (χ1v) is 9.30. The first-order chi connectivity index (χ1) is 13.1. The molecule has 1 aromatic rings. The number of aliphatic hydroxyl groups is 4. The van der Waals surface area contributed by atoms with E-state index in [1.807, 2.05) is 19.9 Å². The predicted molar refractivity (Wildman–Crippen MR) is 104 cm³/mol. The van der Waals surface area contributed by atoms with E-state index in [4.69, 9.17) is 9.47 Å². The summed E-state index contributed by atoms with van der Waals surface area (Å²) in [4.78, 5) is 11.8. The Balaban J connectivity index is 2.34. The number of ketones is 1. The molecule has 0 amide bonds. The number of carbonyl (C=O) groups excluding carboxylic acids is 1. The SMILES string of the molecule is COC(C)(C)/C=C/c1cc(C(C)=O)ccc1O[C@@H]1C[C@H](CO)[C@@H](O)[C@@H](O)[C@H]1O. The predicted octanol–water partition coefficient (Wildman–Crippen LogP) is 1.17. The molecule has 0 bridgehead atoms. The van der Waals surface area contributed by atoms with Gasteiger partial charge in [-0.25, -0.2) is 0 Å². The van der Waals surface area contributed by atoms with E-state index in [1.165, 1.54) is 6.92 Å². The van der Waals surface area contributed by atoms with Crippen molar-refractivity contribution in [1.29, 1.82) is 0 Å². The van der Waals surface area contributed by atoms with E-state index in [1.54, 1.807) is 31.4 Å². The van der Waals surface area contributed by atoms with Crippen molar-refractivity contribution in [2.45, 2.75) is 57.2 Å². The fourth-order valence-corrected chi connectivity index (χ4v) is 3.11. The molecule has 7 nitrogen and oxygen atoms in total. The quantitative estimate of drug-likeness (QED) is 0.513. The Morgan fingerprint density at radius 1 is 1.21 bits per heavy atom. The standard InChI is InChI=1S/C21H30O7/c1-12(23)13-5-6-16(14(9-13)7-8-21(2,3)27-4)28-17-10-15(11-22)18(24)20(26)19(17)25/h5-9,15,17-20,22,24-26H,10-11H2,1-4H3/b8-7+/t15-,17-,18-,19+,20-/m1/s1. The van der Waals surface area contributed by atoms with Crippen molar-refractivity contribution in [3.05, 3.63) is 35.4 Å². The summed E-state index contributed by atoms with van der Waals surface area (Å²) in [6, 6.07) is 4.94. The van der Waals surface area contributed by atoms with Crippen LogP contribution in [0.2, 0.25) is 0 Å². The van der Waals surface area contributed by atoms with Crippen LogP contribution in [0.3, 0.4) is 0 Å². The fourth-order valence-electron chi connectivity index (χ4n) is 3.11. The molecular formula is C21H30O7. The molecule has 4 N–H and O–H groups in total. The topological polar surface area (TPSA) is 116 Å². The number of aliphatic hydroxyl groups excluding tert-OH is 4. The average Bonchev–Trinajstić information content (AvgIpc) is 2.67. The lowest BCUT2D eigenvalue weighted by atomic mass is 9.81. The summed E-state index contributed by atoms with van der Waals surface area (Å²) in [6.45, 7) is 4.90. The Hall–Kier alpha value is -1.77. The van der Waals surface area contributed by atoms with Crippen LogP contribution in [0.5, 0.6) is 5.75 Å². The zero-order chi connectivity index (χ0) is 21.1. The number of rotatable bonds is 7. The summed E-state index contributed by atoms with van der Waals surface area (Å²) in [5.74, 6) is -0.285. The van der Waals surface area contributed by atoms with Gasteiger partial charge in [-0.05, 0) is 45.4 Å². The summed E-state index contributed by atoms with van der Waals surface area (Å²) in [7, 11) is 1.59. The summed E-state index contributed by atoms with van der Waals surface area (Å²) in [5, 5.41) is 39.8. The van der Waals surface area contributed by atoms with Crippen molar-refractivity contribution in [1.82, 2.24) is 0 Å². The van der Waals surface area contributed by atoms with Crippen LogP contribution in [0, 0.1) is 5.92 Å². The lowest BCUT2D eigenvalue weighted by Crippen LogP contribution is -2.56. The van der Waals surface area contributed by atoms with Gasteiger partial charge in [0.05, 0.1) is 11.7 Å². The van der Waals surface area contributed by atoms with Gasteiger partial charge in [0, 0.05) is 30.8 Å². The average molecular weight is 394 g/mol. The minimum absolute atomic E-state index is 0.0937. The van der Waals surface area contributed by atoms with Crippen molar-refractivity contribution in [2.24, 2.45) is 5.92 Å². The lowest BCUT2D eigenvalue weighted by Gasteiger charge is -2.39. The summed E-state index contributed by atoms with van der Waals surface area (Å²) in [5.41, 5.74) is 0.595. The molecule has 156 valence electrons. The second-order valence-electron chi connectivity index (χ2n) is 7.76. The first-order valence-electron chi connectivity index (χ1n) is 9.30. The maximum absolute atomic E-state index is 11.8. The van der Waals surface area contributed by atoms with Crippen molar-refractivity contribution < 1.29 is 34.7 Å². The van der Waals surface area contributed by atoms with Crippen molar-refractivity contribution in [3.63, 3.8) is 0 Å². The second-order valence-corrected chi connectivity index (χ2v) is 7.76. The van der Waals surface area contributed by atoms with E-state index >= 15 is 0 Å². The van der Waals surface area contributed by atoms with Gasteiger partial charge in [0.25, 0.3) is 0 Å². The molecule has 0 heterocycles.